The molecule has 1 aromatic heterocycles. The van der Waals surface area contributed by atoms with Crippen molar-refractivity contribution in [2.45, 2.75) is 0 Å². The summed E-state index contributed by atoms with van der Waals surface area (Å²) in [7, 11) is 3.37. The molecule has 0 radical (unpaired) electrons. The van der Waals surface area contributed by atoms with Crippen LogP contribution in [0.4, 0.5) is 5.95 Å². The van der Waals surface area contributed by atoms with Gasteiger partial charge >= 0.3 is 0 Å². The van der Waals surface area contributed by atoms with Crippen LogP contribution >= 0.6 is 0 Å². The van der Waals surface area contributed by atoms with Crippen LogP contribution in [-0.2, 0) is 0 Å². The first-order valence-corrected chi connectivity index (χ1v) is 7.46. The van der Waals surface area contributed by atoms with Gasteiger partial charge in [-0.1, -0.05) is 42.5 Å². The number of nitrogens with one attached hydrogen (secondary N) is 1. The lowest BCUT2D eigenvalue weighted by atomic mass is 10.0. The molecule has 0 atom stereocenters. The Morgan fingerprint density at radius 2 is 1.62 bits per heavy atom. The van der Waals surface area contributed by atoms with Gasteiger partial charge in [-0.2, -0.15) is 5.26 Å². The number of hydrogen-bond acceptors (Lipinski definition) is 5. The molecule has 1 heterocycles. The van der Waals surface area contributed by atoms with E-state index in [0.717, 1.165) is 11.1 Å². The summed E-state index contributed by atoms with van der Waals surface area (Å²) >= 11 is 0. The minimum Gasteiger partial charge on any atom is -0.497 e. The number of anilines is 1. The average molecular weight is 316 g/mol. The first kappa shape index (κ1) is 15.5. The van der Waals surface area contributed by atoms with Gasteiger partial charge < -0.3 is 10.1 Å². The molecule has 0 bridgehead atoms. The third kappa shape index (κ3) is 2.90. The van der Waals surface area contributed by atoms with E-state index in [9.17, 15) is 5.26 Å². The number of nitriles is 1. The Balaban J connectivity index is 2.28. The summed E-state index contributed by atoms with van der Waals surface area (Å²) in [5.41, 5.74) is 3.30. The molecule has 0 aliphatic carbocycles. The van der Waals surface area contributed by atoms with E-state index in [2.05, 4.69) is 21.4 Å². The maximum Gasteiger partial charge on any atom is 0.223 e. The third-order valence-electron chi connectivity index (χ3n) is 3.63. The van der Waals surface area contributed by atoms with Crippen molar-refractivity contribution < 1.29 is 4.74 Å². The summed E-state index contributed by atoms with van der Waals surface area (Å²) in [6.45, 7) is 0. The largest absolute Gasteiger partial charge is 0.497 e. The van der Waals surface area contributed by atoms with Crippen molar-refractivity contribution >= 4 is 5.95 Å². The molecule has 0 aliphatic heterocycles. The summed E-state index contributed by atoms with van der Waals surface area (Å²) in [6, 6.07) is 19.4. The Labute approximate surface area is 140 Å². The van der Waals surface area contributed by atoms with Crippen molar-refractivity contribution in [2.24, 2.45) is 0 Å². The molecule has 0 fully saturated rings. The molecule has 0 spiro atoms. The Hall–Kier alpha value is -3.39. The van der Waals surface area contributed by atoms with Crippen LogP contribution in [-0.4, -0.2) is 24.1 Å². The van der Waals surface area contributed by atoms with Gasteiger partial charge in [0.1, 0.15) is 17.4 Å². The number of nitrogens with zero attached hydrogens (tertiary/aromatic N) is 3. The molecule has 1 N–H and O–H groups in total. The summed E-state index contributed by atoms with van der Waals surface area (Å²) in [6.07, 6.45) is 0. The van der Waals surface area contributed by atoms with Crippen LogP contribution in [0.1, 0.15) is 5.56 Å². The molecule has 0 saturated carbocycles. The average Bonchev–Trinajstić information content (AvgIpc) is 2.67. The fraction of sp³-hybridized carbons (Fsp3) is 0.105. The quantitative estimate of drug-likeness (QED) is 0.794. The van der Waals surface area contributed by atoms with Crippen LogP contribution in [0.15, 0.2) is 54.6 Å². The Bertz CT molecular complexity index is 901. The van der Waals surface area contributed by atoms with E-state index in [1.54, 1.807) is 14.2 Å². The molecule has 5 nitrogen and oxygen atoms in total. The topological polar surface area (TPSA) is 70.8 Å². The van der Waals surface area contributed by atoms with Gasteiger partial charge in [0, 0.05) is 18.2 Å². The first-order chi connectivity index (χ1) is 11.8. The molecule has 118 valence electrons. The van der Waals surface area contributed by atoms with E-state index in [4.69, 9.17) is 4.74 Å². The van der Waals surface area contributed by atoms with Crippen molar-refractivity contribution in [1.82, 2.24) is 9.97 Å². The molecule has 5 heteroatoms. The highest BCUT2D eigenvalue weighted by molar-refractivity contribution is 5.78. The maximum atomic E-state index is 9.73. The summed E-state index contributed by atoms with van der Waals surface area (Å²) in [4.78, 5) is 8.98. The maximum absolute atomic E-state index is 9.73. The SMILES string of the molecule is CNc1nc(-c2ccccc2)c(C#N)c(-c2cccc(OC)c2)n1. The summed E-state index contributed by atoms with van der Waals surface area (Å²) in [5.74, 6) is 1.17. The van der Waals surface area contributed by atoms with Gasteiger partial charge in [-0.25, -0.2) is 9.97 Å². The molecule has 0 aliphatic rings. The van der Waals surface area contributed by atoms with Crippen molar-refractivity contribution in [1.29, 1.82) is 5.26 Å². The van der Waals surface area contributed by atoms with Gasteiger partial charge in [-0.15, -0.1) is 0 Å². The fourth-order valence-electron chi connectivity index (χ4n) is 2.46. The van der Waals surface area contributed by atoms with Crippen molar-refractivity contribution in [3.63, 3.8) is 0 Å². The second kappa shape index (κ2) is 6.80. The highest BCUT2D eigenvalue weighted by Gasteiger charge is 2.17. The van der Waals surface area contributed by atoms with Crippen molar-refractivity contribution in [3.05, 3.63) is 60.2 Å². The molecule has 0 unspecified atom stereocenters. The van der Waals surface area contributed by atoms with Gasteiger partial charge in [0.05, 0.1) is 18.5 Å². The van der Waals surface area contributed by atoms with E-state index in [1.165, 1.54) is 0 Å². The molecule has 24 heavy (non-hydrogen) atoms. The number of rotatable bonds is 4. The van der Waals surface area contributed by atoms with Crippen LogP contribution < -0.4 is 10.1 Å². The van der Waals surface area contributed by atoms with Gasteiger partial charge in [-0.05, 0) is 12.1 Å². The van der Waals surface area contributed by atoms with Crippen molar-refractivity contribution in [3.8, 4) is 34.3 Å². The molecule has 2 aromatic carbocycles. The summed E-state index contributed by atoms with van der Waals surface area (Å²) in [5, 5.41) is 12.7. The van der Waals surface area contributed by atoms with Gasteiger partial charge in [-0.3, -0.25) is 0 Å². The molecule has 3 aromatic rings. The predicted molar refractivity (Wildman–Crippen MR) is 93.7 cm³/mol. The first-order valence-electron chi connectivity index (χ1n) is 7.46. The highest BCUT2D eigenvalue weighted by atomic mass is 16.5. The third-order valence-corrected chi connectivity index (χ3v) is 3.63. The van der Waals surface area contributed by atoms with E-state index in [0.29, 0.717) is 28.6 Å². The zero-order valence-electron chi connectivity index (χ0n) is 13.4. The van der Waals surface area contributed by atoms with E-state index >= 15 is 0 Å². The minimum atomic E-state index is 0.438. The van der Waals surface area contributed by atoms with Gasteiger partial charge in [0.2, 0.25) is 5.95 Å². The second-order valence-electron chi connectivity index (χ2n) is 5.08. The number of methoxy groups -OCH3 is 1. The van der Waals surface area contributed by atoms with E-state index in [-0.39, 0.29) is 0 Å². The number of benzene rings is 2. The van der Waals surface area contributed by atoms with Crippen LogP contribution in [0, 0.1) is 11.3 Å². The molecular formula is C19H16N4O. The number of ether oxygens (including phenoxy) is 1. The van der Waals surface area contributed by atoms with Gasteiger partial charge in [0.25, 0.3) is 0 Å². The van der Waals surface area contributed by atoms with E-state index in [1.807, 2.05) is 54.6 Å². The zero-order chi connectivity index (χ0) is 16.9. The Morgan fingerprint density at radius 1 is 0.958 bits per heavy atom. The summed E-state index contributed by atoms with van der Waals surface area (Å²) < 4.78 is 5.28. The number of aromatic nitrogens is 2. The molecule has 3 rings (SSSR count). The molecular weight excluding hydrogens is 300 g/mol. The Morgan fingerprint density at radius 3 is 2.25 bits per heavy atom. The van der Waals surface area contributed by atoms with Crippen LogP contribution in [0.25, 0.3) is 22.5 Å². The van der Waals surface area contributed by atoms with Crippen LogP contribution in [0.3, 0.4) is 0 Å². The molecule has 0 amide bonds. The van der Waals surface area contributed by atoms with Crippen molar-refractivity contribution in [2.75, 3.05) is 19.5 Å². The smallest absolute Gasteiger partial charge is 0.223 e. The Kier molecular flexibility index (Phi) is 4.39. The normalized spacial score (nSPS) is 10.0. The van der Waals surface area contributed by atoms with Crippen LogP contribution in [0.5, 0.6) is 5.75 Å². The van der Waals surface area contributed by atoms with Gasteiger partial charge in [0.15, 0.2) is 0 Å². The minimum absolute atomic E-state index is 0.438. The fourth-order valence-corrected chi connectivity index (χ4v) is 2.46. The second-order valence-corrected chi connectivity index (χ2v) is 5.08. The standard InChI is InChI=1S/C19H16N4O/c1-21-19-22-17(13-7-4-3-5-8-13)16(12-20)18(23-19)14-9-6-10-15(11-14)24-2/h3-11H,1-2H3,(H,21,22,23). The molecule has 0 saturated heterocycles. The van der Waals surface area contributed by atoms with E-state index < -0.39 is 0 Å². The lowest BCUT2D eigenvalue weighted by molar-refractivity contribution is 0.415. The monoisotopic (exact) mass is 316 g/mol. The highest BCUT2D eigenvalue weighted by Crippen LogP contribution is 2.31. The van der Waals surface area contributed by atoms with Crippen LogP contribution in [0.2, 0.25) is 0 Å². The predicted octanol–water partition coefficient (Wildman–Crippen LogP) is 3.73. The lowest BCUT2D eigenvalue weighted by Gasteiger charge is -2.12. The number of hydrogen-bond donors (Lipinski definition) is 1. The zero-order valence-corrected chi connectivity index (χ0v) is 13.4. The lowest BCUT2D eigenvalue weighted by Crippen LogP contribution is -2.03.